The number of aliphatic carboxylic acids is 1. The second kappa shape index (κ2) is 8.92. The van der Waals surface area contributed by atoms with Gasteiger partial charge in [0, 0.05) is 11.5 Å². The lowest BCUT2D eigenvalue weighted by atomic mass is 9.98. The third-order valence-electron chi connectivity index (χ3n) is 5.47. The van der Waals surface area contributed by atoms with Gasteiger partial charge in [-0.3, -0.25) is 9.69 Å². The number of fused-ring (bicyclic) bond motifs is 3. The summed E-state index contributed by atoms with van der Waals surface area (Å²) in [6, 6.07) is 23.3. The fourth-order valence-electron chi connectivity index (χ4n) is 4.07. The van der Waals surface area contributed by atoms with Crippen LogP contribution in [0, 0.1) is 0 Å². The maximum absolute atomic E-state index is 12.9. The summed E-state index contributed by atoms with van der Waals surface area (Å²) in [7, 11) is 1.54. The van der Waals surface area contributed by atoms with E-state index in [1.807, 2.05) is 48.5 Å². The van der Waals surface area contributed by atoms with Crippen LogP contribution in [0.15, 0.2) is 72.8 Å². The van der Waals surface area contributed by atoms with Crippen molar-refractivity contribution in [1.29, 1.82) is 0 Å². The molecule has 0 heterocycles. The van der Waals surface area contributed by atoms with Crippen molar-refractivity contribution in [3.63, 3.8) is 0 Å². The molecule has 4 rings (SSSR count). The molecule has 0 aromatic heterocycles. The molecule has 1 aliphatic carbocycles. The first kappa shape index (κ1) is 20.5. The highest BCUT2D eigenvalue weighted by molar-refractivity contribution is 5.79. The fraction of sp³-hybridized carbons (Fsp3) is 0.200. The zero-order valence-corrected chi connectivity index (χ0v) is 17.2. The highest BCUT2D eigenvalue weighted by Crippen LogP contribution is 2.44. The lowest BCUT2D eigenvalue weighted by Crippen LogP contribution is -2.36. The van der Waals surface area contributed by atoms with Crippen LogP contribution in [0.25, 0.3) is 11.1 Å². The van der Waals surface area contributed by atoms with Crippen LogP contribution in [0.2, 0.25) is 0 Å². The molecule has 1 N–H and O–H groups in total. The zero-order chi connectivity index (χ0) is 21.8. The molecule has 6 nitrogen and oxygen atoms in total. The van der Waals surface area contributed by atoms with Gasteiger partial charge < -0.3 is 14.6 Å². The number of amides is 1. The lowest BCUT2D eigenvalue weighted by molar-refractivity contribution is -0.138. The number of carboxylic acids is 1. The summed E-state index contributed by atoms with van der Waals surface area (Å²) in [6.07, 6.45) is -0.671. The molecule has 0 aliphatic heterocycles. The van der Waals surface area contributed by atoms with Crippen LogP contribution < -0.4 is 4.74 Å². The predicted octanol–water partition coefficient (Wildman–Crippen LogP) is 4.53. The maximum atomic E-state index is 12.9. The van der Waals surface area contributed by atoms with Gasteiger partial charge in [0.1, 0.15) is 18.9 Å². The number of hydrogen-bond acceptors (Lipinski definition) is 4. The van der Waals surface area contributed by atoms with Gasteiger partial charge in [-0.2, -0.15) is 0 Å². The predicted molar refractivity (Wildman–Crippen MR) is 116 cm³/mol. The highest BCUT2D eigenvalue weighted by Gasteiger charge is 2.30. The zero-order valence-electron chi connectivity index (χ0n) is 17.2. The number of hydrogen-bond donors (Lipinski definition) is 1. The van der Waals surface area contributed by atoms with E-state index in [1.165, 1.54) is 12.0 Å². The summed E-state index contributed by atoms with van der Waals surface area (Å²) >= 11 is 0. The summed E-state index contributed by atoms with van der Waals surface area (Å²) < 4.78 is 11.0. The maximum Gasteiger partial charge on any atom is 0.410 e. The molecule has 0 radical (unpaired) electrons. The van der Waals surface area contributed by atoms with Crippen LogP contribution in [0.3, 0.4) is 0 Å². The van der Waals surface area contributed by atoms with Crippen molar-refractivity contribution in [2.45, 2.75) is 12.5 Å². The first-order valence-electron chi connectivity index (χ1n) is 10.0. The molecular weight excluding hydrogens is 394 g/mol. The second-order valence-corrected chi connectivity index (χ2v) is 7.37. The minimum Gasteiger partial charge on any atom is -0.496 e. The summed E-state index contributed by atoms with van der Waals surface area (Å²) in [5.41, 5.74) is 5.18. The van der Waals surface area contributed by atoms with Crippen molar-refractivity contribution in [2.75, 3.05) is 20.3 Å². The monoisotopic (exact) mass is 417 g/mol. The van der Waals surface area contributed by atoms with Crippen LogP contribution in [-0.2, 0) is 16.1 Å². The number of carboxylic acid groups (broad SMARTS) is 1. The van der Waals surface area contributed by atoms with Gasteiger partial charge in [-0.05, 0) is 28.3 Å². The van der Waals surface area contributed by atoms with E-state index < -0.39 is 18.6 Å². The van der Waals surface area contributed by atoms with E-state index in [-0.39, 0.29) is 19.1 Å². The SMILES string of the molecule is COc1ccccc1CN(CC(=O)O)C(=O)OCC1c2ccccc2-c2ccccc21. The van der Waals surface area contributed by atoms with E-state index in [2.05, 4.69) is 12.1 Å². The number of carbonyl (C=O) groups is 2. The van der Waals surface area contributed by atoms with E-state index in [0.29, 0.717) is 11.3 Å². The average Bonchev–Trinajstić information content (AvgIpc) is 3.11. The molecule has 6 heteroatoms. The van der Waals surface area contributed by atoms with Crippen molar-refractivity contribution in [2.24, 2.45) is 0 Å². The lowest BCUT2D eigenvalue weighted by Gasteiger charge is -2.23. The van der Waals surface area contributed by atoms with Gasteiger partial charge in [0.15, 0.2) is 0 Å². The Hall–Kier alpha value is -3.80. The molecule has 3 aromatic rings. The molecule has 0 unspecified atom stereocenters. The first-order chi connectivity index (χ1) is 15.1. The Balaban J connectivity index is 1.52. The van der Waals surface area contributed by atoms with Crippen LogP contribution in [-0.4, -0.2) is 42.3 Å². The highest BCUT2D eigenvalue weighted by atomic mass is 16.6. The molecule has 0 spiro atoms. The van der Waals surface area contributed by atoms with Gasteiger partial charge in [-0.1, -0.05) is 66.7 Å². The fourth-order valence-corrected chi connectivity index (χ4v) is 4.07. The number of benzene rings is 3. The normalized spacial score (nSPS) is 12.0. The van der Waals surface area contributed by atoms with E-state index in [4.69, 9.17) is 9.47 Å². The molecule has 31 heavy (non-hydrogen) atoms. The molecule has 0 saturated heterocycles. The summed E-state index contributed by atoms with van der Waals surface area (Å²) in [6.45, 7) is -0.253. The standard InChI is InChI=1S/C25H23NO5/c1-30-23-13-7-2-8-17(23)14-26(15-24(27)28)25(29)31-16-22-20-11-5-3-9-18(20)19-10-4-6-12-21(19)22/h2-13,22H,14-16H2,1H3,(H,27,28). The number of para-hydroxylation sites is 1. The number of methoxy groups -OCH3 is 1. The molecule has 1 amide bonds. The Morgan fingerprint density at radius 2 is 1.48 bits per heavy atom. The topological polar surface area (TPSA) is 76.1 Å². The van der Waals surface area contributed by atoms with Crippen LogP contribution in [0.5, 0.6) is 5.75 Å². The Bertz CT molecular complexity index is 1060. The summed E-state index contributed by atoms with van der Waals surface area (Å²) in [5, 5.41) is 9.30. The van der Waals surface area contributed by atoms with Gasteiger partial charge in [0.25, 0.3) is 0 Å². The third-order valence-corrected chi connectivity index (χ3v) is 5.47. The first-order valence-corrected chi connectivity index (χ1v) is 10.0. The Kier molecular flexibility index (Phi) is 5.89. The van der Waals surface area contributed by atoms with E-state index >= 15 is 0 Å². The number of nitrogens with zero attached hydrogens (tertiary/aromatic N) is 1. The largest absolute Gasteiger partial charge is 0.496 e. The minimum absolute atomic E-state index is 0.0764. The third kappa shape index (κ3) is 4.23. The van der Waals surface area contributed by atoms with E-state index in [0.717, 1.165) is 22.3 Å². The van der Waals surface area contributed by atoms with Crippen molar-refractivity contribution in [3.05, 3.63) is 89.5 Å². The Morgan fingerprint density at radius 3 is 2.10 bits per heavy atom. The quantitative estimate of drug-likeness (QED) is 0.611. The molecule has 1 aliphatic rings. The van der Waals surface area contributed by atoms with Crippen LogP contribution >= 0.6 is 0 Å². The molecular formula is C25H23NO5. The second-order valence-electron chi connectivity index (χ2n) is 7.37. The summed E-state index contributed by atoms with van der Waals surface area (Å²) in [4.78, 5) is 25.4. The number of ether oxygens (including phenoxy) is 2. The molecule has 0 fully saturated rings. The van der Waals surface area contributed by atoms with Gasteiger partial charge in [0.2, 0.25) is 0 Å². The summed E-state index contributed by atoms with van der Waals surface area (Å²) in [5.74, 6) is -0.609. The molecule has 0 bridgehead atoms. The van der Waals surface area contributed by atoms with Crippen LogP contribution in [0.1, 0.15) is 22.6 Å². The number of carbonyl (C=O) groups excluding carboxylic acids is 1. The van der Waals surface area contributed by atoms with Crippen molar-refractivity contribution in [1.82, 2.24) is 4.90 Å². The van der Waals surface area contributed by atoms with E-state index in [1.54, 1.807) is 12.1 Å². The minimum atomic E-state index is -1.11. The smallest absolute Gasteiger partial charge is 0.410 e. The van der Waals surface area contributed by atoms with Gasteiger partial charge in [-0.25, -0.2) is 4.79 Å². The van der Waals surface area contributed by atoms with Gasteiger partial charge >= 0.3 is 12.1 Å². The van der Waals surface area contributed by atoms with Crippen molar-refractivity contribution in [3.8, 4) is 16.9 Å². The van der Waals surface area contributed by atoms with Crippen LogP contribution in [0.4, 0.5) is 4.79 Å². The van der Waals surface area contributed by atoms with Gasteiger partial charge in [-0.15, -0.1) is 0 Å². The molecule has 0 atom stereocenters. The Morgan fingerprint density at radius 1 is 0.903 bits per heavy atom. The van der Waals surface area contributed by atoms with Crippen molar-refractivity contribution < 1.29 is 24.2 Å². The molecule has 3 aromatic carbocycles. The Labute approximate surface area is 180 Å². The number of rotatable bonds is 7. The van der Waals surface area contributed by atoms with Crippen molar-refractivity contribution >= 4 is 12.1 Å². The molecule has 0 saturated carbocycles. The van der Waals surface area contributed by atoms with Gasteiger partial charge in [0.05, 0.1) is 13.7 Å². The molecule has 158 valence electrons. The average molecular weight is 417 g/mol. The van der Waals surface area contributed by atoms with E-state index in [9.17, 15) is 14.7 Å².